The summed E-state index contributed by atoms with van der Waals surface area (Å²) in [5.41, 5.74) is 4.04. The average molecular weight is 419 g/mol. The minimum atomic E-state index is 0.151. The van der Waals surface area contributed by atoms with Crippen LogP contribution in [-0.2, 0) is 7.05 Å². The van der Waals surface area contributed by atoms with E-state index in [9.17, 15) is 5.26 Å². The quantitative estimate of drug-likeness (QED) is 0.601. The highest BCUT2D eigenvalue weighted by Gasteiger charge is 2.19. The molecule has 3 heterocycles. The molecular formula is C24H30N6O. The number of benzene rings is 1. The molecular weight excluding hydrogens is 388 g/mol. The summed E-state index contributed by atoms with van der Waals surface area (Å²) in [6.45, 7) is 10.5. The molecule has 1 saturated heterocycles. The topological polar surface area (TPSA) is 79.9 Å². The predicted molar refractivity (Wildman–Crippen MR) is 121 cm³/mol. The normalized spacial score (nSPS) is 15.3. The summed E-state index contributed by atoms with van der Waals surface area (Å²) in [5.74, 6) is 2.64. The van der Waals surface area contributed by atoms with Crippen molar-refractivity contribution in [1.29, 1.82) is 5.26 Å². The Morgan fingerprint density at radius 1 is 1.16 bits per heavy atom. The van der Waals surface area contributed by atoms with E-state index in [4.69, 9.17) is 4.74 Å². The summed E-state index contributed by atoms with van der Waals surface area (Å²) in [6, 6.07) is 8.12. The fourth-order valence-electron chi connectivity index (χ4n) is 4.31. The second kappa shape index (κ2) is 9.03. The fraction of sp³-hybridized carbons (Fsp3) is 0.500. The van der Waals surface area contributed by atoms with Crippen LogP contribution in [0.4, 0.5) is 0 Å². The van der Waals surface area contributed by atoms with Gasteiger partial charge in [-0.1, -0.05) is 6.92 Å². The molecule has 0 N–H and O–H groups in total. The van der Waals surface area contributed by atoms with Crippen LogP contribution in [0.15, 0.2) is 18.2 Å². The maximum atomic E-state index is 9.37. The van der Waals surface area contributed by atoms with Crippen molar-refractivity contribution in [3.05, 3.63) is 35.4 Å². The summed E-state index contributed by atoms with van der Waals surface area (Å²) in [5, 5.41) is 9.37. The van der Waals surface area contributed by atoms with Gasteiger partial charge in [0.2, 0.25) is 5.82 Å². The number of nitriles is 1. The van der Waals surface area contributed by atoms with Crippen molar-refractivity contribution in [2.45, 2.75) is 40.0 Å². The van der Waals surface area contributed by atoms with Gasteiger partial charge in [0.15, 0.2) is 5.65 Å². The van der Waals surface area contributed by atoms with Gasteiger partial charge in [-0.05, 0) is 82.4 Å². The van der Waals surface area contributed by atoms with E-state index in [-0.39, 0.29) is 5.82 Å². The van der Waals surface area contributed by atoms with E-state index in [2.05, 4.69) is 38.9 Å². The first-order chi connectivity index (χ1) is 15.0. The molecule has 1 fully saturated rings. The van der Waals surface area contributed by atoms with Crippen LogP contribution in [0.25, 0.3) is 22.4 Å². The van der Waals surface area contributed by atoms with Gasteiger partial charge in [-0.25, -0.2) is 9.97 Å². The van der Waals surface area contributed by atoms with E-state index in [0.717, 1.165) is 48.2 Å². The number of imidazole rings is 1. The Bertz CT molecular complexity index is 1120. The zero-order valence-electron chi connectivity index (χ0n) is 18.9. The molecule has 4 rings (SSSR count). The Kier molecular flexibility index (Phi) is 6.19. The van der Waals surface area contributed by atoms with Crippen molar-refractivity contribution >= 4 is 11.2 Å². The Hall–Kier alpha value is -2.98. The van der Waals surface area contributed by atoms with Gasteiger partial charge in [-0.2, -0.15) is 10.2 Å². The molecule has 0 spiro atoms. The van der Waals surface area contributed by atoms with Crippen molar-refractivity contribution in [2.24, 2.45) is 13.0 Å². The predicted octanol–water partition coefficient (Wildman–Crippen LogP) is 4.02. The van der Waals surface area contributed by atoms with Crippen LogP contribution in [0.2, 0.25) is 0 Å². The Labute approximate surface area is 183 Å². The summed E-state index contributed by atoms with van der Waals surface area (Å²) in [4.78, 5) is 15.9. The molecule has 1 aliphatic rings. The van der Waals surface area contributed by atoms with Gasteiger partial charge in [0.05, 0.1) is 6.61 Å². The molecule has 0 amide bonds. The van der Waals surface area contributed by atoms with Gasteiger partial charge in [0.25, 0.3) is 0 Å². The van der Waals surface area contributed by atoms with E-state index in [1.54, 1.807) is 0 Å². The molecule has 1 aromatic carbocycles. The second-order valence-electron chi connectivity index (χ2n) is 8.39. The van der Waals surface area contributed by atoms with Gasteiger partial charge in [0.1, 0.15) is 28.9 Å². The molecule has 0 radical (unpaired) electrons. The summed E-state index contributed by atoms with van der Waals surface area (Å²) in [7, 11) is 1.90. The minimum Gasteiger partial charge on any atom is -0.493 e. The first kappa shape index (κ1) is 21.3. The lowest BCUT2D eigenvalue weighted by atomic mass is 9.94. The number of fused-ring (bicyclic) bond motifs is 1. The standard InChI is InChI=1S/C24H30N6O/c1-5-30-11-8-18(9-12-30)10-13-31-20-7-6-19(14-16(20)2)22-23-24(28-21(15-25)27-22)29(4)17(3)26-23/h6-7,14,18H,5,8-13H2,1-4H3. The third kappa shape index (κ3) is 4.40. The molecule has 31 heavy (non-hydrogen) atoms. The first-order valence-corrected chi connectivity index (χ1v) is 11.1. The van der Waals surface area contributed by atoms with Crippen molar-refractivity contribution in [3.8, 4) is 23.1 Å². The largest absolute Gasteiger partial charge is 0.493 e. The molecule has 0 unspecified atom stereocenters. The van der Waals surface area contributed by atoms with E-state index < -0.39 is 0 Å². The van der Waals surface area contributed by atoms with Gasteiger partial charge in [-0.15, -0.1) is 0 Å². The van der Waals surface area contributed by atoms with Gasteiger partial charge in [-0.3, -0.25) is 0 Å². The van der Waals surface area contributed by atoms with Crippen molar-refractivity contribution in [2.75, 3.05) is 26.2 Å². The second-order valence-corrected chi connectivity index (χ2v) is 8.39. The highest BCUT2D eigenvalue weighted by molar-refractivity contribution is 5.88. The molecule has 7 heteroatoms. The Morgan fingerprint density at radius 3 is 2.61 bits per heavy atom. The van der Waals surface area contributed by atoms with Crippen molar-refractivity contribution in [3.63, 3.8) is 0 Å². The van der Waals surface area contributed by atoms with E-state index in [1.165, 1.54) is 25.9 Å². The first-order valence-electron chi connectivity index (χ1n) is 11.1. The zero-order valence-corrected chi connectivity index (χ0v) is 18.9. The molecule has 2 aromatic heterocycles. The van der Waals surface area contributed by atoms with Gasteiger partial charge in [0, 0.05) is 12.6 Å². The lowest BCUT2D eigenvalue weighted by Gasteiger charge is -2.30. The molecule has 0 atom stereocenters. The van der Waals surface area contributed by atoms with Crippen LogP contribution in [0.3, 0.4) is 0 Å². The molecule has 3 aromatic rings. The van der Waals surface area contributed by atoms with Crippen LogP contribution in [-0.4, -0.2) is 50.7 Å². The van der Waals surface area contributed by atoms with E-state index >= 15 is 0 Å². The number of aromatic nitrogens is 4. The van der Waals surface area contributed by atoms with Crippen LogP contribution in [0.5, 0.6) is 5.75 Å². The molecule has 0 saturated carbocycles. The average Bonchev–Trinajstić information content (AvgIpc) is 3.08. The van der Waals surface area contributed by atoms with Crippen LogP contribution in [0.1, 0.15) is 43.4 Å². The highest BCUT2D eigenvalue weighted by Crippen LogP contribution is 2.30. The highest BCUT2D eigenvalue weighted by atomic mass is 16.5. The third-order valence-corrected chi connectivity index (χ3v) is 6.43. The van der Waals surface area contributed by atoms with E-state index in [1.807, 2.05) is 37.6 Å². The summed E-state index contributed by atoms with van der Waals surface area (Å²) in [6.07, 6.45) is 3.64. The maximum absolute atomic E-state index is 9.37. The number of piperidine rings is 1. The Morgan fingerprint density at radius 2 is 1.94 bits per heavy atom. The van der Waals surface area contributed by atoms with Gasteiger partial charge >= 0.3 is 0 Å². The molecule has 1 aliphatic heterocycles. The number of aryl methyl sites for hydroxylation is 3. The van der Waals surface area contributed by atoms with Crippen molar-refractivity contribution < 1.29 is 4.74 Å². The zero-order chi connectivity index (χ0) is 22.0. The number of rotatable bonds is 6. The van der Waals surface area contributed by atoms with Crippen LogP contribution in [0, 0.1) is 31.1 Å². The monoisotopic (exact) mass is 418 g/mol. The summed E-state index contributed by atoms with van der Waals surface area (Å²) >= 11 is 0. The summed E-state index contributed by atoms with van der Waals surface area (Å²) < 4.78 is 8.01. The molecule has 162 valence electrons. The SMILES string of the molecule is CCN1CCC(CCOc2ccc(-c3nc(C#N)nc4c3nc(C)n4C)cc2C)CC1. The van der Waals surface area contributed by atoms with Gasteiger partial charge < -0.3 is 14.2 Å². The maximum Gasteiger partial charge on any atom is 0.234 e. The number of ether oxygens (including phenoxy) is 1. The third-order valence-electron chi connectivity index (χ3n) is 6.43. The van der Waals surface area contributed by atoms with Crippen molar-refractivity contribution in [1.82, 2.24) is 24.4 Å². The smallest absolute Gasteiger partial charge is 0.234 e. The lowest BCUT2D eigenvalue weighted by Crippen LogP contribution is -2.33. The number of likely N-dealkylation sites (tertiary alicyclic amines) is 1. The van der Waals surface area contributed by atoms with Crippen LogP contribution >= 0.6 is 0 Å². The number of hydrogen-bond donors (Lipinski definition) is 0. The number of nitrogens with zero attached hydrogens (tertiary/aromatic N) is 6. The Balaban J connectivity index is 1.49. The minimum absolute atomic E-state index is 0.151. The van der Waals surface area contributed by atoms with Crippen LogP contribution < -0.4 is 4.74 Å². The molecule has 0 bridgehead atoms. The molecule has 0 aliphatic carbocycles. The number of hydrogen-bond acceptors (Lipinski definition) is 6. The van der Waals surface area contributed by atoms with E-state index in [0.29, 0.717) is 16.9 Å². The lowest BCUT2D eigenvalue weighted by molar-refractivity contribution is 0.169. The molecule has 7 nitrogen and oxygen atoms in total. The fourth-order valence-corrected chi connectivity index (χ4v) is 4.31.